The number of methoxy groups -OCH3 is 1. The van der Waals surface area contributed by atoms with Crippen molar-refractivity contribution in [3.63, 3.8) is 0 Å². The first-order chi connectivity index (χ1) is 13.6. The van der Waals surface area contributed by atoms with Crippen LogP contribution in [0.15, 0.2) is 36.4 Å². The number of nitrogens with one attached hydrogen (secondary N) is 1. The summed E-state index contributed by atoms with van der Waals surface area (Å²) in [6.07, 6.45) is 0.429. The van der Waals surface area contributed by atoms with Gasteiger partial charge in [0.2, 0.25) is 5.91 Å². The van der Waals surface area contributed by atoms with Gasteiger partial charge in [0.15, 0.2) is 11.5 Å². The third kappa shape index (κ3) is 5.92. The second-order valence-corrected chi connectivity index (χ2v) is 6.28. The maximum absolute atomic E-state index is 11.4. The number of ether oxygens (including phenoxy) is 3. The van der Waals surface area contributed by atoms with E-state index in [1.165, 1.54) is 5.56 Å². The molecule has 0 aliphatic heterocycles. The Morgan fingerprint density at radius 2 is 1.79 bits per heavy atom. The molecule has 2 rings (SSSR count). The van der Waals surface area contributed by atoms with Crippen LogP contribution in [0.4, 0.5) is 0 Å². The van der Waals surface area contributed by atoms with E-state index in [2.05, 4.69) is 18.3 Å². The molecule has 0 spiro atoms. The minimum Gasteiger partial charge on any atom is -0.493 e. The number of amides is 1. The van der Waals surface area contributed by atoms with Crippen molar-refractivity contribution in [1.29, 1.82) is 5.26 Å². The van der Waals surface area contributed by atoms with E-state index in [4.69, 9.17) is 19.5 Å². The topological polar surface area (TPSA) is 80.6 Å². The first kappa shape index (κ1) is 21.1. The number of rotatable bonds is 10. The van der Waals surface area contributed by atoms with Gasteiger partial charge in [0.05, 0.1) is 13.2 Å². The maximum atomic E-state index is 11.4. The minimum atomic E-state index is -0.283. The zero-order valence-electron chi connectivity index (χ0n) is 16.6. The molecule has 0 unspecified atom stereocenters. The molecule has 0 fully saturated rings. The lowest BCUT2D eigenvalue weighted by Gasteiger charge is -2.16. The number of hydrogen-bond donors (Lipinski definition) is 1. The third-order valence-corrected chi connectivity index (χ3v) is 4.38. The van der Waals surface area contributed by atoms with Crippen LogP contribution in [0.1, 0.15) is 23.1 Å². The van der Waals surface area contributed by atoms with E-state index in [0.29, 0.717) is 37.7 Å². The molecule has 6 nitrogen and oxygen atoms in total. The van der Waals surface area contributed by atoms with Gasteiger partial charge in [-0.2, -0.15) is 5.26 Å². The van der Waals surface area contributed by atoms with Crippen molar-refractivity contribution in [2.45, 2.75) is 26.7 Å². The van der Waals surface area contributed by atoms with Gasteiger partial charge in [0.25, 0.3) is 0 Å². The smallest absolute Gasteiger partial charge is 0.234 e. The summed E-state index contributed by atoms with van der Waals surface area (Å²) in [4.78, 5) is 11.4. The maximum Gasteiger partial charge on any atom is 0.234 e. The minimum absolute atomic E-state index is 0.142. The van der Waals surface area contributed by atoms with Crippen LogP contribution in [0.25, 0.3) is 0 Å². The number of benzene rings is 2. The lowest BCUT2D eigenvalue weighted by molar-refractivity contribution is -0.120. The summed E-state index contributed by atoms with van der Waals surface area (Å²) in [6.45, 7) is 5.27. The fourth-order valence-electron chi connectivity index (χ4n) is 2.73. The quantitative estimate of drug-likeness (QED) is 0.638. The highest BCUT2D eigenvalue weighted by Crippen LogP contribution is 2.31. The lowest BCUT2D eigenvalue weighted by atomic mass is 10.1. The number of nitriles is 1. The van der Waals surface area contributed by atoms with Gasteiger partial charge < -0.3 is 19.5 Å². The fourth-order valence-corrected chi connectivity index (χ4v) is 2.73. The average molecular weight is 382 g/mol. The second kappa shape index (κ2) is 10.8. The van der Waals surface area contributed by atoms with Gasteiger partial charge in [-0.3, -0.25) is 4.79 Å². The molecule has 28 heavy (non-hydrogen) atoms. The molecule has 0 radical (unpaired) electrons. The second-order valence-electron chi connectivity index (χ2n) is 6.28. The SMILES string of the molecule is COc1cccc(CCNC(=O)CC#N)c1OCCOc1cccc(C)c1C. The van der Waals surface area contributed by atoms with Crippen LogP contribution in [0.5, 0.6) is 17.2 Å². The van der Waals surface area contributed by atoms with Crippen molar-refractivity contribution in [2.75, 3.05) is 26.9 Å². The molecule has 0 bridgehead atoms. The Bertz CT molecular complexity index is 843. The van der Waals surface area contributed by atoms with Gasteiger partial charge in [-0.1, -0.05) is 24.3 Å². The number of hydrogen-bond acceptors (Lipinski definition) is 5. The van der Waals surface area contributed by atoms with Crippen molar-refractivity contribution in [1.82, 2.24) is 5.32 Å². The Labute approximate surface area is 166 Å². The third-order valence-electron chi connectivity index (χ3n) is 4.38. The molecule has 2 aromatic carbocycles. The predicted molar refractivity (Wildman–Crippen MR) is 107 cm³/mol. The molecule has 148 valence electrons. The van der Waals surface area contributed by atoms with Gasteiger partial charge in [-0.25, -0.2) is 0 Å². The summed E-state index contributed by atoms with van der Waals surface area (Å²) in [5.74, 6) is 1.84. The van der Waals surface area contributed by atoms with Crippen LogP contribution in [-0.2, 0) is 11.2 Å². The van der Waals surface area contributed by atoms with Crippen molar-refractivity contribution < 1.29 is 19.0 Å². The zero-order valence-corrected chi connectivity index (χ0v) is 16.6. The largest absolute Gasteiger partial charge is 0.493 e. The molecule has 0 saturated carbocycles. The molecular weight excluding hydrogens is 356 g/mol. The van der Waals surface area contributed by atoms with Crippen LogP contribution in [0, 0.1) is 25.2 Å². The van der Waals surface area contributed by atoms with Crippen LogP contribution >= 0.6 is 0 Å². The van der Waals surface area contributed by atoms with Crippen molar-refractivity contribution in [3.8, 4) is 23.3 Å². The Kier molecular flexibility index (Phi) is 8.16. The Balaban J connectivity index is 1.94. The van der Waals surface area contributed by atoms with Gasteiger partial charge in [0, 0.05) is 6.54 Å². The lowest BCUT2D eigenvalue weighted by Crippen LogP contribution is -2.25. The van der Waals surface area contributed by atoms with E-state index >= 15 is 0 Å². The monoisotopic (exact) mass is 382 g/mol. The molecule has 0 heterocycles. The average Bonchev–Trinajstić information content (AvgIpc) is 2.69. The first-order valence-corrected chi connectivity index (χ1v) is 9.18. The van der Waals surface area contributed by atoms with Crippen LogP contribution in [-0.4, -0.2) is 32.8 Å². The zero-order chi connectivity index (χ0) is 20.4. The summed E-state index contributed by atoms with van der Waals surface area (Å²) in [7, 11) is 1.59. The molecule has 0 aromatic heterocycles. The van der Waals surface area contributed by atoms with E-state index in [-0.39, 0.29) is 12.3 Å². The number of aryl methyl sites for hydroxylation is 1. The molecule has 0 saturated heterocycles. The van der Waals surface area contributed by atoms with Crippen LogP contribution < -0.4 is 19.5 Å². The van der Waals surface area contributed by atoms with E-state index in [9.17, 15) is 4.79 Å². The fraction of sp³-hybridized carbons (Fsp3) is 0.364. The van der Waals surface area contributed by atoms with Gasteiger partial charge in [-0.15, -0.1) is 0 Å². The normalized spacial score (nSPS) is 10.1. The standard InChI is InChI=1S/C22H26N2O4/c1-16-6-4-8-19(17(16)2)27-14-15-28-22-18(7-5-9-20(22)26-3)11-13-24-21(25)10-12-23/h4-9H,10-11,13-15H2,1-3H3,(H,24,25). The Morgan fingerprint density at radius 1 is 1.07 bits per heavy atom. The highest BCUT2D eigenvalue weighted by molar-refractivity contribution is 5.77. The van der Waals surface area contributed by atoms with Gasteiger partial charge >= 0.3 is 0 Å². The molecule has 1 N–H and O–H groups in total. The van der Waals surface area contributed by atoms with Crippen molar-refractivity contribution in [3.05, 3.63) is 53.1 Å². The number of para-hydroxylation sites is 1. The number of carbonyl (C=O) groups is 1. The summed E-state index contributed by atoms with van der Waals surface area (Å²) in [5, 5.41) is 11.3. The molecule has 0 atom stereocenters. The molecule has 1 amide bonds. The molecule has 2 aromatic rings. The first-order valence-electron chi connectivity index (χ1n) is 9.18. The number of nitrogens with zero attached hydrogens (tertiary/aromatic N) is 1. The molecule has 6 heteroatoms. The highest BCUT2D eigenvalue weighted by atomic mass is 16.5. The summed E-state index contributed by atoms with van der Waals surface area (Å²) < 4.78 is 17.2. The molecule has 0 aliphatic carbocycles. The Hall–Kier alpha value is -3.20. The van der Waals surface area contributed by atoms with Crippen LogP contribution in [0.3, 0.4) is 0 Å². The molecule has 0 aliphatic rings. The van der Waals surface area contributed by atoms with E-state index in [0.717, 1.165) is 16.9 Å². The molecular formula is C22H26N2O4. The van der Waals surface area contributed by atoms with Gasteiger partial charge in [-0.05, 0) is 49.1 Å². The summed E-state index contributed by atoms with van der Waals surface area (Å²) in [5.41, 5.74) is 3.22. The van der Waals surface area contributed by atoms with Gasteiger partial charge in [0.1, 0.15) is 25.4 Å². The summed E-state index contributed by atoms with van der Waals surface area (Å²) >= 11 is 0. The van der Waals surface area contributed by atoms with Crippen LogP contribution in [0.2, 0.25) is 0 Å². The van der Waals surface area contributed by atoms with E-state index in [1.807, 2.05) is 43.3 Å². The Morgan fingerprint density at radius 3 is 2.54 bits per heavy atom. The number of carbonyl (C=O) groups excluding carboxylic acids is 1. The highest BCUT2D eigenvalue weighted by Gasteiger charge is 2.11. The van der Waals surface area contributed by atoms with E-state index < -0.39 is 0 Å². The summed E-state index contributed by atoms with van der Waals surface area (Å²) in [6, 6.07) is 13.4. The van der Waals surface area contributed by atoms with Crippen molar-refractivity contribution >= 4 is 5.91 Å². The van der Waals surface area contributed by atoms with Crippen molar-refractivity contribution in [2.24, 2.45) is 0 Å². The van der Waals surface area contributed by atoms with E-state index in [1.54, 1.807) is 7.11 Å². The predicted octanol–water partition coefficient (Wildman–Crippen LogP) is 3.34.